The number of ether oxygens (including phenoxy) is 2. The minimum absolute atomic E-state index is 0.167. The van der Waals surface area contributed by atoms with Crippen molar-refractivity contribution in [2.24, 2.45) is 17.3 Å². The van der Waals surface area contributed by atoms with Gasteiger partial charge in [0.2, 0.25) is 0 Å². The summed E-state index contributed by atoms with van der Waals surface area (Å²) in [5.74, 6) is 0.511. The van der Waals surface area contributed by atoms with Gasteiger partial charge in [0, 0.05) is 6.61 Å². The molecule has 1 rings (SSSR count). The number of esters is 1. The molecule has 4 heteroatoms. The van der Waals surface area contributed by atoms with Crippen molar-refractivity contribution in [3.8, 4) is 0 Å². The monoisotopic (exact) mass is 258 g/mol. The number of rotatable bonds is 6. The van der Waals surface area contributed by atoms with Crippen molar-refractivity contribution in [3.05, 3.63) is 0 Å². The maximum atomic E-state index is 11.4. The van der Waals surface area contributed by atoms with Crippen LogP contribution in [-0.4, -0.2) is 36.5 Å². The summed E-state index contributed by atoms with van der Waals surface area (Å²) >= 11 is 0. The van der Waals surface area contributed by atoms with Gasteiger partial charge in [-0.1, -0.05) is 13.8 Å². The molecule has 1 aliphatic carbocycles. The number of carbonyl (C=O) groups excluding carboxylic acids is 1. The third-order valence-electron chi connectivity index (χ3n) is 3.65. The Morgan fingerprint density at radius 1 is 1.28 bits per heavy atom. The first-order valence-corrected chi connectivity index (χ1v) is 6.59. The molecule has 18 heavy (non-hydrogen) atoms. The van der Waals surface area contributed by atoms with E-state index in [1.807, 2.05) is 20.8 Å². The summed E-state index contributed by atoms with van der Waals surface area (Å²) < 4.78 is 10.7. The average molecular weight is 258 g/mol. The zero-order valence-electron chi connectivity index (χ0n) is 12.2. The highest BCUT2D eigenvalue weighted by Gasteiger charge is 2.56. The summed E-state index contributed by atoms with van der Waals surface area (Å²) in [5.41, 5.74) is -0.266. The van der Waals surface area contributed by atoms with Crippen molar-refractivity contribution >= 4 is 5.97 Å². The van der Waals surface area contributed by atoms with Gasteiger partial charge in [-0.2, -0.15) is 0 Å². The van der Waals surface area contributed by atoms with E-state index in [2.05, 4.69) is 13.8 Å². The summed E-state index contributed by atoms with van der Waals surface area (Å²) in [6.07, 6.45) is 0.286. The van der Waals surface area contributed by atoms with Gasteiger partial charge in [-0.3, -0.25) is 4.79 Å². The lowest BCUT2D eigenvalue weighted by Crippen LogP contribution is -2.24. The molecule has 0 spiro atoms. The van der Waals surface area contributed by atoms with Crippen molar-refractivity contribution < 1.29 is 19.4 Å². The Kier molecular flexibility index (Phi) is 4.78. The summed E-state index contributed by atoms with van der Waals surface area (Å²) in [7, 11) is 0. The second kappa shape index (κ2) is 5.57. The van der Waals surface area contributed by atoms with E-state index in [0.29, 0.717) is 25.0 Å². The van der Waals surface area contributed by atoms with Gasteiger partial charge in [0.15, 0.2) is 0 Å². The molecule has 0 heterocycles. The van der Waals surface area contributed by atoms with E-state index >= 15 is 0 Å². The first-order valence-electron chi connectivity index (χ1n) is 6.59. The van der Waals surface area contributed by atoms with Gasteiger partial charge in [0.25, 0.3) is 0 Å². The minimum atomic E-state index is -0.433. The van der Waals surface area contributed by atoms with Gasteiger partial charge in [0.1, 0.15) is 5.60 Å². The SMILES string of the molecule is CC(C)(C)OC(=O)CCOC[C@H]1[C@@H](CO)C1(C)C. The third-order valence-corrected chi connectivity index (χ3v) is 3.65. The molecule has 0 saturated heterocycles. The van der Waals surface area contributed by atoms with Crippen LogP contribution in [0.2, 0.25) is 0 Å². The quantitative estimate of drug-likeness (QED) is 0.585. The van der Waals surface area contributed by atoms with Crippen LogP contribution >= 0.6 is 0 Å². The second-order valence-corrected chi connectivity index (χ2v) is 6.63. The average Bonchev–Trinajstić information content (AvgIpc) is 2.71. The van der Waals surface area contributed by atoms with Gasteiger partial charge in [-0.05, 0) is 38.0 Å². The van der Waals surface area contributed by atoms with Crippen LogP contribution < -0.4 is 0 Å². The highest BCUT2D eigenvalue weighted by atomic mass is 16.6. The molecule has 0 radical (unpaired) electrons. The number of carbonyl (C=O) groups is 1. The number of hydrogen-bond donors (Lipinski definition) is 1. The topological polar surface area (TPSA) is 55.8 Å². The van der Waals surface area contributed by atoms with Gasteiger partial charge < -0.3 is 14.6 Å². The fraction of sp³-hybridized carbons (Fsp3) is 0.929. The Morgan fingerprint density at radius 2 is 1.89 bits per heavy atom. The Morgan fingerprint density at radius 3 is 2.33 bits per heavy atom. The largest absolute Gasteiger partial charge is 0.460 e. The van der Waals surface area contributed by atoms with Crippen molar-refractivity contribution in [3.63, 3.8) is 0 Å². The normalized spacial score (nSPS) is 25.9. The van der Waals surface area contributed by atoms with Crippen LogP contribution in [0.1, 0.15) is 41.0 Å². The fourth-order valence-electron chi connectivity index (χ4n) is 2.31. The molecule has 0 aromatic carbocycles. The van der Waals surface area contributed by atoms with Crippen molar-refractivity contribution in [1.82, 2.24) is 0 Å². The van der Waals surface area contributed by atoms with Gasteiger partial charge in [-0.25, -0.2) is 0 Å². The van der Waals surface area contributed by atoms with E-state index in [1.165, 1.54) is 0 Å². The smallest absolute Gasteiger partial charge is 0.308 e. The van der Waals surface area contributed by atoms with Crippen LogP contribution in [0.5, 0.6) is 0 Å². The van der Waals surface area contributed by atoms with E-state index in [9.17, 15) is 4.79 Å². The maximum absolute atomic E-state index is 11.4. The van der Waals surface area contributed by atoms with Crippen LogP contribution in [0.4, 0.5) is 0 Å². The third kappa shape index (κ3) is 4.25. The fourth-order valence-corrected chi connectivity index (χ4v) is 2.31. The summed E-state index contributed by atoms with van der Waals surface area (Å²) in [6, 6.07) is 0. The molecule has 106 valence electrons. The Labute approximate surface area is 110 Å². The van der Waals surface area contributed by atoms with E-state index in [4.69, 9.17) is 14.6 Å². The first kappa shape index (κ1) is 15.4. The van der Waals surface area contributed by atoms with Crippen molar-refractivity contribution in [1.29, 1.82) is 0 Å². The van der Waals surface area contributed by atoms with Crippen molar-refractivity contribution in [2.45, 2.75) is 46.6 Å². The first-order chi connectivity index (χ1) is 8.18. The zero-order chi connectivity index (χ0) is 14.0. The van der Waals surface area contributed by atoms with E-state index in [-0.39, 0.29) is 24.4 Å². The van der Waals surface area contributed by atoms with Gasteiger partial charge >= 0.3 is 5.97 Å². The molecule has 2 atom stereocenters. The highest BCUT2D eigenvalue weighted by molar-refractivity contribution is 5.69. The Bertz CT molecular complexity index is 291. The maximum Gasteiger partial charge on any atom is 0.308 e. The molecule has 0 aromatic rings. The standard InChI is InChI=1S/C14H26O4/c1-13(2,3)18-12(16)6-7-17-9-11-10(8-15)14(11,4)5/h10-11,15H,6-9H2,1-5H3/t10-,11+/m1/s1. The molecule has 1 aliphatic rings. The predicted molar refractivity (Wildman–Crippen MR) is 69.1 cm³/mol. The predicted octanol–water partition coefficient (Wildman–Crippen LogP) is 2.00. The summed E-state index contributed by atoms with van der Waals surface area (Å²) in [6.45, 7) is 11.0. The molecule has 0 amide bonds. The van der Waals surface area contributed by atoms with E-state index in [1.54, 1.807) is 0 Å². The molecule has 0 aromatic heterocycles. The van der Waals surface area contributed by atoms with E-state index in [0.717, 1.165) is 0 Å². The van der Waals surface area contributed by atoms with Crippen LogP contribution in [0.25, 0.3) is 0 Å². The van der Waals surface area contributed by atoms with Crippen LogP contribution in [0.3, 0.4) is 0 Å². The van der Waals surface area contributed by atoms with Crippen LogP contribution in [0, 0.1) is 17.3 Å². The Balaban J connectivity index is 2.12. The zero-order valence-corrected chi connectivity index (χ0v) is 12.2. The lowest BCUT2D eigenvalue weighted by atomic mass is 10.1. The number of aliphatic hydroxyl groups excluding tert-OH is 1. The molecular weight excluding hydrogens is 232 g/mol. The number of hydrogen-bond acceptors (Lipinski definition) is 4. The molecule has 0 bridgehead atoms. The van der Waals surface area contributed by atoms with Gasteiger partial charge in [0.05, 0.1) is 19.6 Å². The molecular formula is C14H26O4. The van der Waals surface area contributed by atoms with Crippen LogP contribution in [-0.2, 0) is 14.3 Å². The summed E-state index contributed by atoms with van der Waals surface area (Å²) in [4.78, 5) is 11.4. The molecule has 1 N–H and O–H groups in total. The second-order valence-electron chi connectivity index (χ2n) is 6.63. The molecule has 0 unspecified atom stereocenters. The minimum Gasteiger partial charge on any atom is -0.460 e. The van der Waals surface area contributed by atoms with Crippen LogP contribution in [0.15, 0.2) is 0 Å². The molecule has 0 aliphatic heterocycles. The summed E-state index contributed by atoms with van der Waals surface area (Å²) in [5, 5.41) is 9.15. The van der Waals surface area contributed by atoms with E-state index < -0.39 is 5.60 Å². The van der Waals surface area contributed by atoms with Crippen molar-refractivity contribution in [2.75, 3.05) is 19.8 Å². The lowest BCUT2D eigenvalue weighted by molar-refractivity contribution is -0.156. The molecule has 1 fully saturated rings. The molecule has 1 saturated carbocycles. The lowest BCUT2D eigenvalue weighted by Gasteiger charge is -2.19. The number of aliphatic hydroxyl groups is 1. The highest BCUT2D eigenvalue weighted by Crippen LogP contribution is 2.57. The van der Waals surface area contributed by atoms with Gasteiger partial charge in [-0.15, -0.1) is 0 Å². The Hall–Kier alpha value is -0.610. The molecule has 4 nitrogen and oxygen atoms in total.